The fourth-order valence-electron chi connectivity index (χ4n) is 4.41. The Morgan fingerprint density at radius 3 is 2.68 bits per heavy atom. The minimum absolute atomic E-state index is 0.0322. The molecule has 3 aromatic rings. The molecule has 2 aliphatic rings. The summed E-state index contributed by atoms with van der Waals surface area (Å²) < 4.78 is 7.28. The molecule has 0 unspecified atom stereocenters. The Hall–Kier alpha value is -3.89. The molecule has 0 radical (unpaired) electrons. The summed E-state index contributed by atoms with van der Waals surface area (Å²) in [6, 6.07) is 14.1. The molecule has 2 aliphatic heterocycles. The molecule has 2 saturated heterocycles. The third kappa shape index (κ3) is 5.16. The molecule has 10 heteroatoms. The van der Waals surface area contributed by atoms with Gasteiger partial charge in [0.05, 0.1) is 29.4 Å². The Kier molecular flexibility index (Phi) is 7.11. The van der Waals surface area contributed by atoms with Crippen LogP contribution in [0.3, 0.4) is 0 Å². The second-order valence-electron chi connectivity index (χ2n) is 8.63. The number of amides is 2. The van der Waals surface area contributed by atoms with Crippen molar-refractivity contribution in [2.24, 2.45) is 4.99 Å². The molecule has 2 amide bonds. The highest BCUT2D eigenvalue weighted by molar-refractivity contribution is 8.18. The lowest BCUT2D eigenvalue weighted by molar-refractivity contribution is -0.135. The zero-order chi connectivity index (χ0) is 25.9. The number of carboxylic acids is 1. The Bertz CT molecular complexity index is 1440. The van der Waals surface area contributed by atoms with E-state index in [0.29, 0.717) is 48.6 Å². The van der Waals surface area contributed by atoms with E-state index in [1.54, 1.807) is 17.0 Å². The van der Waals surface area contributed by atoms with Crippen molar-refractivity contribution in [1.29, 1.82) is 0 Å². The van der Waals surface area contributed by atoms with Crippen molar-refractivity contribution in [2.75, 3.05) is 32.8 Å². The Labute approximate surface area is 218 Å². The van der Waals surface area contributed by atoms with Gasteiger partial charge in [-0.05, 0) is 49.0 Å². The van der Waals surface area contributed by atoms with Crippen molar-refractivity contribution in [3.05, 3.63) is 70.8 Å². The van der Waals surface area contributed by atoms with Crippen molar-refractivity contribution in [2.45, 2.75) is 13.5 Å². The molecule has 0 bridgehead atoms. The normalized spacial score (nSPS) is 18.4. The van der Waals surface area contributed by atoms with Gasteiger partial charge >= 0.3 is 5.97 Å². The predicted octanol–water partition coefficient (Wildman–Crippen LogP) is 3.82. The Morgan fingerprint density at radius 1 is 1.14 bits per heavy atom. The molecule has 0 saturated carbocycles. The highest BCUT2D eigenvalue weighted by Crippen LogP contribution is 2.35. The zero-order valence-corrected chi connectivity index (χ0v) is 21.1. The van der Waals surface area contributed by atoms with Gasteiger partial charge in [0.1, 0.15) is 6.54 Å². The minimum atomic E-state index is -1.03. The molecule has 2 fully saturated rings. The lowest BCUT2D eigenvalue weighted by atomic mass is 10.1. The molecule has 0 aliphatic carbocycles. The number of likely N-dealkylation sites (N-methyl/N-ethyl adjacent to an activating group) is 1. The molecule has 0 atom stereocenters. The van der Waals surface area contributed by atoms with Crippen LogP contribution in [0.2, 0.25) is 0 Å². The van der Waals surface area contributed by atoms with Gasteiger partial charge in [0.2, 0.25) is 5.91 Å². The maximum Gasteiger partial charge on any atom is 0.335 e. The van der Waals surface area contributed by atoms with Crippen molar-refractivity contribution in [3.8, 4) is 0 Å². The lowest BCUT2D eigenvalue weighted by Crippen LogP contribution is -2.42. The van der Waals surface area contributed by atoms with E-state index in [4.69, 9.17) is 4.74 Å². The van der Waals surface area contributed by atoms with Crippen LogP contribution >= 0.6 is 11.8 Å². The van der Waals surface area contributed by atoms with Gasteiger partial charge in [-0.25, -0.2) is 9.79 Å². The first-order valence-electron chi connectivity index (χ1n) is 12.0. The molecular weight excluding hydrogens is 492 g/mol. The van der Waals surface area contributed by atoms with E-state index in [1.807, 2.05) is 52.9 Å². The van der Waals surface area contributed by atoms with E-state index >= 15 is 0 Å². The van der Waals surface area contributed by atoms with Crippen molar-refractivity contribution in [1.82, 2.24) is 14.4 Å². The summed E-state index contributed by atoms with van der Waals surface area (Å²) in [7, 11) is 0. The number of carbonyl (C=O) groups is 3. The molecule has 37 heavy (non-hydrogen) atoms. The number of benzene rings is 2. The molecule has 1 aromatic heterocycles. The average molecular weight is 519 g/mol. The summed E-state index contributed by atoms with van der Waals surface area (Å²) in [6.45, 7) is 4.78. The molecule has 0 spiro atoms. The van der Waals surface area contributed by atoms with Crippen molar-refractivity contribution in [3.63, 3.8) is 0 Å². The summed E-state index contributed by atoms with van der Waals surface area (Å²) in [5, 5.41) is 10.7. The fourth-order valence-corrected chi connectivity index (χ4v) is 5.46. The summed E-state index contributed by atoms with van der Waals surface area (Å²) in [4.78, 5) is 45.9. The number of aliphatic imine (C=N–C) groups is 1. The third-order valence-electron chi connectivity index (χ3n) is 6.30. The number of carboxylic acid groups (broad SMARTS) is 1. The number of thioether (sulfide) groups is 1. The third-order valence-corrected chi connectivity index (χ3v) is 7.30. The number of fused-ring (bicyclic) bond motifs is 1. The first kappa shape index (κ1) is 24.8. The SMILES string of the molecule is CCN1C(=O)/C(=C/c2cn(CC(=O)N3CCOCC3)c3ccccc23)SC1=Nc1cccc(C(=O)O)c1. The number of para-hydroxylation sites is 1. The summed E-state index contributed by atoms with van der Waals surface area (Å²) in [6.07, 6.45) is 3.75. The van der Waals surface area contributed by atoms with Crippen LogP contribution in [0.4, 0.5) is 5.69 Å². The zero-order valence-electron chi connectivity index (χ0n) is 20.3. The summed E-state index contributed by atoms with van der Waals surface area (Å²) >= 11 is 1.25. The molecular formula is C27H26N4O5S. The van der Waals surface area contributed by atoms with Crippen LogP contribution in [0.5, 0.6) is 0 Å². The number of aromatic nitrogens is 1. The largest absolute Gasteiger partial charge is 0.478 e. The van der Waals surface area contributed by atoms with E-state index in [0.717, 1.165) is 16.5 Å². The molecule has 1 N–H and O–H groups in total. The maximum absolute atomic E-state index is 13.2. The van der Waals surface area contributed by atoms with Crippen LogP contribution in [0.25, 0.3) is 17.0 Å². The average Bonchev–Trinajstić information content (AvgIpc) is 3.41. The maximum atomic E-state index is 13.2. The van der Waals surface area contributed by atoms with Crippen LogP contribution in [0.1, 0.15) is 22.8 Å². The number of morpholine rings is 1. The van der Waals surface area contributed by atoms with Gasteiger partial charge in [-0.15, -0.1) is 0 Å². The summed E-state index contributed by atoms with van der Waals surface area (Å²) in [5.74, 6) is -1.17. The van der Waals surface area contributed by atoms with E-state index in [-0.39, 0.29) is 23.9 Å². The number of amidine groups is 1. The van der Waals surface area contributed by atoms with Crippen molar-refractivity contribution < 1.29 is 24.2 Å². The van der Waals surface area contributed by atoms with Crippen LogP contribution < -0.4 is 0 Å². The molecule has 190 valence electrons. The molecule has 9 nitrogen and oxygen atoms in total. The highest BCUT2D eigenvalue weighted by atomic mass is 32.2. The topological polar surface area (TPSA) is 104 Å². The van der Waals surface area contributed by atoms with Gasteiger partial charge in [-0.2, -0.15) is 0 Å². The van der Waals surface area contributed by atoms with Gasteiger partial charge < -0.3 is 19.3 Å². The number of ether oxygens (including phenoxy) is 1. The van der Waals surface area contributed by atoms with Gasteiger partial charge in [0.15, 0.2) is 5.17 Å². The smallest absolute Gasteiger partial charge is 0.335 e. The molecule has 2 aromatic carbocycles. The fraction of sp³-hybridized carbons (Fsp3) is 0.259. The van der Waals surface area contributed by atoms with E-state index in [1.165, 1.54) is 23.9 Å². The lowest BCUT2D eigenvalue weighted by Gasteiger charge is -2.27. The van der Waals surface area contributed by atoms with Crippen LogP contribution in [-0.2, 0) is 20.9 Å². The van der Waals surface area contributed by atoms with Crippen LogP contribution in [-0.4, -0.2) is 75.3 Å². The standard InChI is InChI=1S/C27H26N4O5S/c1-2-31-25(33)23(37-27(31)28-20-7-5-6-18(14-20)26(34)35)15-19-16-30(22-9-4-3-8-21(19)22)17-24(32)29-10-12-36-13-11-29/h3-9,14-16H,2,10-13,17H2,1H3,(H,34,35)/b23-15-,28-27?. The molecule has 5 rings (SSSR count). The first-order valence-corrected chi connectivity index (χ1v) is 12.8. The molecule has 3 heterocycles. The van der Waals surface area contributed by atoms with E-state index in [9.17, 15) is 19.5 Å². The second kappa shape index (κ2) is 10.6. The highest BCUT2D eigenvalue weighted by Gasteiger charge is 2.32. The number of hydrogen-bond acceptors (Lipinski definition) is 6. The van der Waals surface area contributed by atoms with Gasteiger partial charge in [0.25, 0.3) is 5.91 Å². The van der Waals surface area contributed by atoms with Crippen molar-refractivity contribution >= 4 is 57.4 Å². The number of rotatable bonds is 6. The summed E-state index contributed by atoms with van der Waals surface area (Å²) in [5.41, 5.74) is 2.35. The van der Waals surface area contributed by atoms with Gasteiger partial charge in [-0.1, -0.05) is 24.3 Å². The van der Waals surface area contributed by atoms with E-state index in [2.05, 4.69) is 4.99 Å². The van der Waals surface area contributed by atoms with Gasteiger partial charge in [0, 0.05) is 42.3 Å². The monoisotopic (exact) mass is 518 g/mol. The quantitative estimate of drug-likeness (QED) is 0.498. The van der Waals surface area contributed by atoms with E-state index < -0.39 is 5.97 Å². The minimum Gasteiger partial charge on any atom is -0.478 e. The Balaban J connectivity index is 1.46. The predicted molar refractivity (Wildman–Crippen MR) is 143 cm³/mol. The number of carbonyl (C=O) groups excluding carboxylic acids is 2. The number of aromatic carboxylic acids is 1. The van der Waals surface area contributed by atoms with Gasteiger partial charge in [-0.3, -0.25) is 14.5 Å². The number of nitrogens with zero attached hydrogens (tertiary/aromatic N) is 4. The van der Waals surface area contributed by atoms with Crippen LogP contribution in [0, 0.1) is 0 Å². The van der Waals surface area contributed by atoms with Crippen LogP contribution in [0.15, 0.2) is 64.6 Å². The number of hydrogen-bond donors (Lipinski definition) is 1. The first-order chi connectivity index (χ1) is 17.9. The Morgan fingerprint density at radius 2 is 1.92 bits per heavy atom. The second-order valence-corrected chi connectivity index (χ2v) is 9.64.